The van der Waals surface area contributed by atoms with Crippen LogP contribution in [0.25, 0.3) is 0 Å². The van der Waals surface area contributed by atoms with Crippen molar-refractivity contribution in [1.29, 1.82) is 0 Å². The summed E-state index contributed by atoms with van der Waals surface area (Å²) in [5, 5.41) is 3.02. The third-order valence-corrected chi connectivity index (χ3v) is 4.76. The van der Waals surface area contributed by atoms with Gasteiger partial charge in [-0.25, -0.2) is 0 Å². The van der Waals surface area contributed by atoms with E-state index in [2.05, 4.69) is 36.2 Å². The molecule has 1 aliphatic heterocycles. The molecule has 1 saturated heterocycles. The van der Waals surface area contributed by atoms with E-state index >= 15 is 0 Å². The lowest BCUT2D eigenvalue weighted by Crippen LogP contribution is -2.46. The second-order valence-electron chi connectivity index (χ2n) is 5.59. The van der Waals surface area contributed by atoms with Gasteiger partial charge in [0, 0.05) is 30.3 Å². The van der Waals surface area contributed by atoms with Crippen molar-refractivity contribution < 1.29 is 4.79 Å². The highest BCUT2D eigenvalue weighted by molar-refractivity contribution is 7.99. The van der Waals surface area contributed by atoms with Crippen molar-refractivity contribution in [2.24, 2.45) is 0 Å². The molecule has 1 fully saturated rings. The van der Waals surface area contributed by atoms with Gasteiger partial charge in [-0.2, -0.15) is 11.8 Å². The minimum absolute atomic E-state index is 0.0549. The number of amides is 1. The van der Waals surface area contributed by atoms with E-state index < -0.39 is 0 Å². The zero-order valence-corrected chi connectivity index (χ0v) is 13.4. The summed E-state index contributed by atoms with van der Waals surface area (Å²) < 4.78 is 0. The quantitative estimate of drug-likeness (QED) is 0.925. The smallest absolute Gasteiger partial charge is 0.241 e. The molecule has 1 aromatic carbocycles. The molecule has 110 valence electrons. The van der Waals surface area contributed by atoms with Crippen LogP contribution in [-0.2, 0) is 4.79 Å². The van der Waals surface area contributed by atoms with Gasteiger partial charge < -0.3 is 5.32 Å². The number of nitrogens with zero attached hydrogens (tertiary/aromatic N) is 1. The third-order valence-electron chi connectivity index (χ3n) is 3.82. The Hall–Kier alpha value is -1.00. The van der Waals surface area contributed by atoms with Crippen LogP contribution in [0.2, 0.25) is 0 Å². The molecule has 1 amide bonds. The van der Waals surface area contributed by atoms with Crippen LogP contribution in [0.3, 0.4) is 0 Å². The Morgan fingerprint density at radius 1 is 1.15 bits per heavy atom. The first-order chi connectivity index (χ1) is 9.58. The summed E-state index contributed by atoms with van der Waals surface area (Å²) in [5.41, 5.74) is 2.18. The molecule has 3 nitrogen and oxygen atoms in total. The lowest BCUT2D eigenvalue weighted by Gasteiger charge is -2.31. The van der Waals surface area contributed by atoms with Gasteiger partial charge in [0.25, 0.3) is 0 Å². The van der Waals surface area contributed by atoms with Crippen LogP contribution in [0.4, 0.5) is 5.69 Å². The highest BCUT2D eigenvalue weighted by atomic mass is 32.2. The number of anilines is 1. The first-order valence-electron chi connectivity index (χ1n) is 7.30. The normalized spacial score (nSPS) is 18.0. The van der Waals surface area contributed by atoms with Crippen molar-refractivity contribution in [2.75, 3.05) is 29.9 Å². The number of hydrogen-bond donors (Lipinski definition) is 1. The largest absolute Gasteiger partial charge is 0.325 e. The van der Waals surface area contributed by atoms with E-state index in [9.17, 15) is 4.79 Å². The topological polar surface area (TPSA) is 32.3 Å². The van der Waals surface area contributed by atoms with Gasteiger partial charge in [0.05, 0.1) is 6.04 Å². The third kappa shape index (κ3) is 4.00. The SMILES string of the molecule is CC(C)c1ccc(NC(=O)C(C)N2CCSCC2)cc1. The molecule has 0 aromatic heterocycles. The molecular weight excluding hydrogens is 268 g/mol. The predicted octanol–water partition coefficient (Wildman–Crippen LogP) is 3.19. The molecule has 1 unspecified atom stereocenters. The Labute approximate surface area is 126 Å². The number of hydrogen-bond acceptors (Lipinski definition) is 3. The number of carbonyl (C=O) groups excluding carboxylic acids is 1. The fourth-order valence-corrected chi connectivity index (χ4v) is 3.26. The molecule has 2 rings (SSSR count). The maximum absolute atomic E-state index is 12.3. The Bertz CT molecular complexity index is 438. The molecule has 1 aromatic rings. The van der Waals surface area contributed by atoms with Crippen LogP contribution in [-0.4, -0.2) is 41.4 Å². The van der Waals surface area contributed by atoms with Crippen molar-refractivity contribution in [3.63, 3.8) is 0 Å². The highest BCUT2D eigenvalue weighted by Gasteiger charge is 2.22. The van der Waals surface area contributed by atoms with E-state index in [1.165, 1.54) is 5.56 Å². The summed E-state index contributed by atoms with van der Waals surface area (Å²) in [5.74, 6) is 2.86. The molecular formula is C16H24N2OS. The standard InChI is InChI=1S/C16H24N2OS/c1-12(2)14-4-6-15(7-5-14)17-16(19)13(3)18-8-10-20-11-9-18/h4-7,12-13H,8-11H2,1-3H3,(H,17,19). The lowest BCUT2D eigenvalue weighted by atomic mass is 10.0. The Morgan fingerprint density at radius 3 is 2.30 bits per heavy atom. The van der Waals surface area contributed by atoms with Crippen LogP contribution in [0.15, 0.2) is 24.3 Å². The summed E-state index contributed by atoms with van der Waals surface area (Å²) in [7, 11) is 0. The van der Waals surface area contributed by atoms with E-state index in [1.54, 1.807) is 0 Å². The van der Waals surface area contributed by atoms with Crippen LogP contribution in [0.5, 0.6) is 0 Å². The van der Waals surface area contributed by atoms with Gasteiger partial charge in [-0.1, -0.05) is 26.0 Å². The van der Waals surface area contributed by atoms with E-state index in [4.69, 9.17) is 0 Å². The van der Waals surface area contributed by atoms with Crippen LogP contribution in [0.1, 0.15) is 32.3 Å². The first-order valence-corrected chi connectivity index (χ1v) is 8.46. The molecule has 0 saturated carbocycles. The van der Waals surface area contributed by atoms with Crippen molar-refractivity contribution in [1.82, 2.24) is 4.90 Å². The molecule has 1 heterocycles. The summed E-state index contributed by atoms with van der Waals surface area (Å²) in [4.78, 5) is 14.5. The van der Waals surface area contributed by atoms with Gasteiger partial charge in [0.15, 0.2) is 0 Å². The molecule has 1 atom stereocenters. The minimum Gasteiger partial charge on any atom is -0.325 e. The maximum atomic E-state index is 12.3. The number of carbonyl (C=O) groups is 1. The van der Waals surface area contributed by atoms with Gasteiger partial charge in [0.2, 0.25) is 5.91 Å². The molecule has 0 radical (unpaired) electrons. The van der Waals surface area contributed by atoms with E-state index in [-0.39, 0.29) is 11.9 Å². The monoisotopic (exact) mass is 292 g/mol. The summed E-state index contributed by atoms with van der Waals surface area (Å²) >= 11 is 1.96. The van der Waals surface area contributed by atoms with Crippen molar-refractivity contribution >= 4 is 23.4 Å². The molecule has 1 aliphatic rings. The average Bonchev–Trinajstić information content (AvgIpc) is 2.48. The summed E-state index contributed by atoms with van der Waals surface area (Å²) in [6.45, 7) is 8.35. The van der Waals surface area contributed by atoms with Crippen molar-refractivity contribution in [2.45, 2.75) is 32.7 Å². The first kappa shape index (κ1) is 15.4. The molecule has 1 N–H and O–H groups in total. The predicted molar refractivity (Wildman–Crippen MR) is 87.5 cm³/mol. The van der Waals surface area contributed by atoms with Gasteiger partial charge in [-0.15, -0.1) is 0 Å². The molecule has 4 heteroatoms. The zero-order chi connectivity index (χ0) is 14.5. The van der Waals surface area contributed by atoms with Crippen LogP contribution >= 0.6 is 11.8 Å². The second-order valence-corrected chi connectivity index (χ2v) is 6.82. The van der Waals surface area contributed by atoms with E-state index in [0.29, 0.717) is 5.92 Å². The fourth-order valence-electron chi connectivity index (χ4n) is 2.33. The Balaban J connectivity index is 1.92. The van der Waals surface area contributed by atoms with Crippen LogP contribution < -0.4 is 5.32 Å². The van der Waals surface area contributed by atoms with Crippen molar-refractivity contribution in [3.8, 4) is 0 Å². The van der Waals surface area contributed by atoms with E-state index in [1.807, 2.05) is 30.8 Å². The summed E-state index contributed by atoms with van der Waals surface area (Å²) in [6.07, 6.45) is 0. The number of rotatable bonds is 4. The van der Waals surface area contributed by atoms with Gasteiger partial charge in [-0.05, 0) is 30.5 Å². The van der Waals surface area contributed by atoms with Crippen LogP contribution in [0, 0.1) is 0 Å². The zero-order valence-electron chi connectivity index (χ0n) is 12.6. The lowest BCUT2D eigenvalue weighted by molar-refractivity contribution is -0.120. The van der Waals surface area contributed by atoms with Gasteiger partial charge >= 0.3 is 0 Å². The molecule has 0 bridgehead atoms. The molecule has 0 aliphatic carbocycles. The fraction of sp³-hybridized carbons (Fsp3) is 0.562. The number of thioether (sulfide) groups is 1. The molecule has 0 spiro atoms. The Morgan fingerprint density at radius 2 is 1.75 bits per heavy atom. The Kier molecular flexibility index (Phi) is 5.49. The maximum Gasteiger partial charge on any atom is 0.241 e. The number of nitrogens with one attached hydrogen (secondary N) is 1. The summed E-state index contributed by atoms with van der Waals surface area (Å²) in [6, 6.07) is 8.10. The highest BCUT2D eigenvalue weighted by Crippen LogP contribution is 2.18. The van der Waals surface area contributed by atoms with E-state index in [0.717, 1.165) is 30.3 Å². The van der Waals surface area contributed by atoms with Crippen molar-refractivity contribution in [3.05, 3.63) is 29.8 Å². The van der Waals surface area contributed by atoms with Gasteiger partial charge in [0.1, 0.15) is 0 Å². The van der Waals surface area contributed by atoms with Gasteiger partial charge in [-0.3, -0.25) is 9.69 Å². The minimum atomic E-state index is -0.0549. The number of benzene rings is 1. The average molecular weight is 292 g/mol. The molecule has 20 heavy (non-hydrogen) atoms. The second kappa shape index (κ2) is 7.14.